The molecule has 10 nitrogen and oxygen atoms in total. The van der Waals surface area contributed by atoms with E-state index in [0.717, 1.165) is 12.7 Å². The third-order valence-electron chi connectivity index (χ3n) is 6.09. The Morgan fingerprint density at radius 1 is 1.11 bits per heavy atom. The average molecular weight is 488 g/mol. The van der Waals surface area contributed by atoms with Crippen molar-refractivity contribution in [3.05, 3.63) is 76.6 Å². The maximum Gasteiger partial charge on any atom is 0.267 e. The van der Waals surface area contributed by atoms with Crippen molar-refractivity contribution in [1.82, 2.24) is 19.5 Å². The monoisotopic (exact) mass is 487 g/mol. The summed E-state index contributed by atoms with van der Waals surface area (Å²) in [4.78, 5) is 28.8. The molecular weight excluding hydrogens is 466 g/mol. The van der Waals surface area contributed by atoms with Crippen molar-refractivity contribution >= 4 is 32.4 Å². The van der Waals surface area contributed by atoms with E-state index in [1.54, 1.807) is 36.4 Å². The number of sulfone groups is 1. The number of nitriles is 1. The SMILES string of the molecule is CS(=O)(=O)c1cccc2nc(C3CCCN3c3ncnc(N)c3C#N)n(-c3ccccc3)c(=O)c12. The Bertz CT molecular complexity index is 1660. The highest BCUT2D eigenvalue weighted by molar-refractivity contribution is 7.91. The molecule has 0 radical (unpaired) electrons. The number of fused-ring (bicyclic) bond motifs is 1. The lowest BCUT2D eigenvalue weighted by molar-refractivity contribution is 0.602. The quantitative estimate of drug-likeness (QED) is 0.458. The second-order valence-corrected chi connectivity index (χ2v) is 10.3. The lowest BCUT2D eigenvalue weighted by Crippen LogP contribution is -2.33. The van der Waals surface area contributed by atoms with Gasteiger partial charge >= 0.3 is 0 Å². The van der Waals surface area contributed by atoms with Crippen LogP contribution in [0, 0.1) is 11.3 Å². The molecule has 4 aromatic rings. The highest BCUT2D eigenvalue weighted by Gasteiger charge is 2.34. The minimum atomic E-state index is -3.68. The first-order valence-electron chi connectivity index (χ1n) is 10.9. The van der Waals surface area contributed by atoms with Gasteiger partial charge in [0.1, 0.15) is 29.6 Å². The van der Waals surface area contributed by atoms with Gasteiger partial charge in [-0.1, -0.05) is 24.3 Å². The smallest absolute Gasteiger partial charge is 0.267 e. The van der Waals surface area contributed by atoms with Gasteiger partial charge in [0.05, 0.1) is 27.5 Å². The predicted octanol–water partition coefficient (Wildman–Crippen LogP) is 2.37. The van der Waals surface area contributed by atoms with Crippen LogP contribution in [0.1, 0.15) is 30.3 Å². The van der Waals surface area contributed by atoms with Crippen molar-refractivity contribution in [3.8, 4) is 11.8 Å². The van der Waals surface area contributed by atoms with E-state index in [4.69, 9.17) is 10.7 Å². The van der Waals surface area contributed by atoms with Crippen LogP contribution >= 0.6 is 0 Å². The second kappa shape index (κ2) is 8.48. The summed E-state index contributed by atoms with van der Waals surface area (Å²) in [6.07, 6.45) is 3.79. The van der Waals surface area contributed by atoms with Gasteiger partial charge in [-0.15, -0.1) is 0 Å². The Hall–Kier alpha value is -4.30. The second-order valence-electron chi connectivity index (χ2n) is 8.29. The number of nitrogens with zero attached hydrogens (tertiary/aromatic N) is 6. The van der Waals surface area contributed by atoms with Gasteiger partial charge < -0.3 is 10.6 Å². The summed E-state index contributed by atoms with van der Waals surface area (Å²) < 4.78 is 26.4. The molecule has 0 bridgehead atoms. The van der Waals surface area contributed by atoms with Gasteiger partial charge in [-0.2, -0.15) is 5.26 Å². The maximum atomic E-state index is 13.9. The normalized spacial score (nSPS) is 15.9. The highest BCUT2D eigenvalue weighted by atomic mass is 32.2. The van der Waals surface area contributed by atoms with E-state index >= 15 is 0 Å². The van der Waals surface area contributed by atoms with Crippen LogP contribution in [0.15, 0.2) is 64.5 Å². The van der Waals surface area contributed by atoms with Crippen molar-refractivity contribution in [1.29, 1.82) is 5.26 Å². The van der Waals surface area contributed by atoms with Crippen molar-refractivity contribution in [3.63, 3.8) is 0 Å². The van der Waals surface area contributed by atoms with Crippen molar-refractivity contribution < 1.29 is 8.42 Å². The lowest BCUT2D eigenvalue weighted by atomic mass is 10.1. The molecule has 35 heavy (non-hydrogen) atoms. The van der Waals surface area contributed by atoms with Crippen LogP contribution < -0.4 is 16.2 Å². The summed E-state index contributed by atoms with van der Waals surface area (Å²) in [5.41, 5.74) is 6.46. The molecule has 11 heteroatoms. The first-order valence-corrected chi connectivity index (χ1v) is 12.8. The number of hydrogen-bond acceptors (Lipinski definition) is 9. The van der Waals surface area contributed by atoms with Gasteiger partial charge in [-0.05, 0) is 37.1 Å². The molecule has 1 aliphatic rings. The molecular formula is C24H21N7O3S. The first-order chi connectivity index (χ1) is 16.8. The van der Waals surface area contributed by atoms with E-state index < -0.39 is 21.4 Å². The molecule has 0 saturated carbocycles. The number of anilines is 2. The van der Waals surface area contributed by atoms with Crippen molar-refractivity contribution in [2.24, 2.45) is 0 Å². The fourth-order valence-electron chi connectivity index (χ4n) is 4.58. The predicted molar refractivity (Wildman–Crippen MR) is 131 cm³/mol. The fourth-order valence-corrected chi connectivity index (χ4v) is 5.47. The molecule has 1 fully saturated rings. The minimum absolute atomic E-state index is 0.0381. The Labute approximate surface area is 201 Å². The van der Waals surface area contributed by atoms with Crippen LogP contribution in [0.25, 0.3) is 16.6 Å². The molecule has 0 amide bonds. The molecule has 2 N–H and O–H groups in total. The van der Waals surface area contributed by atoms with Crippen LogP contribution in [0.4, 0.5) is 11.6 Å². The average Bonchev–Trinajstić information content (AvgIpc) is 3.33. The van der Waals surface area contributed by atoms with Crippen molar-refractivity contribution in [2.75, 3.05) is 23.4 Å². The zero-order chi connectivity index (χ0) is 24.7. The van der Waals surface area contributed by atoms with Crippen LogP contribution in [0.2, 0.25) is 0 Å². The number of nitrogen functional groups attached to an aromatic ring is 1. The van der Waals surface area contributed by atoms with Gasteiger partial charge in [-0.25, -0.2) is 23.4 Å². The van der Waals surface area contributed by atoms with Crippen LogP contribution in [-0.2, 0) is 9.84 Å². The number of nitrogens with two attached hydrogens (primary N) is 1. The number of aromatic nitrogens is 4. The number of hydrogen-bond donors (Lipinski definition) is 1. The molecule has 1 unspecified atom stereocenters. The molecule has 0 aliphatic carbocycles. The van der Waals surface area contributed by atoms with Gasteiger partial charge in [0.2, 0.25) is 0 Å². The maximum absolute atomic E-state index is 13.9. The third-order valence-corrected chi connectivity index (χ3v) is 7.23. The summed E-state index contributed by atoms with van der Waals surface area (Å²) in [5.74, 6) is 0.882. The highest BCUT2D eigenvalue weighted by Crippen LogP contribution is 2.37. The van der Waals surface area contributed by atoms with Gasteiger partial charge in [0.25, 0.3) is 5.56 Å². The molecule has 1 aliphatic heterocycles. The zero-order valence-electron chi connectivity index (χ0n) is 18.8. The Kier molecular flexibility index (Phi) is 5.45. The number of rotatable bonds is 4. The number of benzene rings is 2. The van der Waals surface area contributed by atoms with Crippen LogP contribution in [0.5, 0.6) is 0 Å². The third kappa shape index (κ3) is 3.77. The molecule has 2 aromatic carbocycles. The van der Waals surface area contributed by atoms with Gasteiger partial charge in [-0.3, -0.25) is 9.36 Å². The fraction of sp³-hybridized carbons (Fsp3) is 0.208. The van der Waals surface area contributed by atoms with E-state index in [-0.39, 0.29) is 27.2 Å². The van der Waals surface area contributed by atoms with E-state index in [1.807, 2.05) is 11.0 Å². The largest absolute Gasteiger partial charge is 0.382 e. The summed E-state index contributed by atoms with van der Waals surface area (Å²) in [6.45, 7) is 0.571. The Morgan fingerprint density at radius 2 is 1.89 bits per heavy atom. The number of para-hydroxylation sites is 1. The molecule has 2 aromatic heterocycles. The van der Waals surface area contributed by atoms with E-state index in [2.05, 4.69) is 16.0 Å². The standard InChI is InChI=1S/C24H21N7O3S/c1-35(33,34)19-11-5-9-17-20(19)24(32)31(15-7-3-2-4-8-15)23(29-17)18-10-6-12-30(18)22-16(13-25)21(26)27-14-28-22/h2-5,7-9,11,14,18H,6,10,12H2,1H3,(H2,26,27,28). The van der Waals surface area contributed by atoms with Crippen LogP contribution in [-0.4, -0.2) is 40.7 Å². The van der Waals surface area contributed by atoms with Gasteiger partial charge in [0, 0.05) is 12.8 Å². The Morgan fingerprint density at radius 3 is 2.60 bits per heavy atom. The molecule has 176 valence electrons. The van der Waals surface area contributed by atoms with E-state index in [1.165, 1.54) is 17.0 Å². The topological polar surface area (TPSA) is 148 Å². The van der Waals surface area contributed by atoms with E-state index in [0.29, 0.717) is 30.3 Å². The minimum Gasteiger partial charge on any atom is -0.382 e. The molecule has 3 heterocycles. The van der Waals surface area contributed by atoms with Crippen molar-refractivity contribution in [2.45, 2.75) is 23.8 Å². The van der Waals surface area contributed by atoms with Crippen LogP contribution in [0.3, 0.4) is 0 Å². The van der Waals surface area contributed by atoms with Gasteiger partial charge in [0.15, 0.2) is 15.7 Å². The summed E-state index contributed by atoms with van der Waals surface area (Å²) in [7, 11) is -3.68. The molecule has 1 atom stereocenters. The molecule has 1 saturated heterocycles. The molecule has 0 spiro atoms. The summed E-state index contributed by atoms with van der Waals surface area (Å²) in [6, 6.07) is 15.3. The lowest BCUT2D eigenvalue weighted by Gasteiger charge is -2.28. The molecule has 5 rings (SSSR count). The zero-order valence-corrected chi connectivity index (χ0v) is 19.6. The summed E-state index contributed by atoms with van der Waals surface area (Å²) >= 11 is 0. The van der Waals surface area contributed by atoms with E-state index in [9.17, 15) is 18.5 Å². The first kappa shape index (κ1) is 22.5. The summed E-state index contributed by atoms with van der Waals surface area (Å²) in [5, 5.41) is 9.71. The Balaban J connectivity index is 1.82.